The molecule has 0 radical (unpaired) electrons. The number of rotatable bonds is 6. The summed E-state index contributed by atoms with van der Waals surface area (Å²) in [6, 6.07) is 10.2. The van der Waals surface area contributed by atoms with Gasteiger partial charge in [-0.05, 0) is 30.3 Å². The number of halogens is 3. The Morgan fingerprint density at radius 2 is 1.71 bits per heavy atom. The van der Waals surface area contributed by atoms with Gasteiger partial charge in [0.1, 0.15) is 24.7 Å². The summed E-state index contributed by atoms with van der Waals surface area (Å²) in [6.07, 6.45) is 0.745. The van der Waals surface area contributed by atoms with Gasteiger partial charge in [-0.2, -0.15) is 0 Å². The Kier molecular flexibility index (Phi) is 5.91. The molecule has 0 aliphatic carbocycles. The maximum absolute atomic E-state index is 11.0. The van der Waals surface area contributed by atoms with Crippen LogP contribution in [-0.2, 0) is 0 Å². The van der Waals surface area contributed by atoms with Crippen molar-refractivity contribution in [2.45, 2.75) is 0 Å². The molecule has 0 unspecified atom stereocenters. The second-order valence-corrected chi connectivity index (χ2v) is 5.83. The van der Waals surface area contributed by atoms with E-state index in [2.05, 4.69) is 15.9 Å². The molecular weight excluding hydrogens is 379 g/mol. The van der Waals surface area contributed by atoms with Crippen LogP contribution in [0, 0.1) is 0 Å². The highest BCUT2D eigenvalue weighted by Gasteiger charge is 2.05. The van der Waals surface area contributed by atoms with Gasteiger partial charge < -0.3 is 9.47 Å². The third-order valence-corrected chi connectivity index (χ3v) is 3.63. The monoisotopic (exact) mass is 388 g/mol. The molecule has 0 aromatic heterocycles. The van der Waals surface area contributed by atoms with E-state index in [4.69, 9.17) is 32.7 Å². The lowest BCUT2D eigenvalue weighted by atomic mass is 10.2. The molecular formula is C15H11BrCl2O3. The maximum atomic E-state index is 11.0. The van der Waals surface area contributed by atoms with E-state index >= 15 is 0 Å². The van der Waals surface area contributed by atoms with Crippen LogP contribution in [0.15, 0.2) is 40.9 Å². The minimum atomic E-state index is 0.283. The first-order chi connectivity index (χ1) is 10.1. The van der Waals surface area contributed by atoms with Crippen LogP contribution in [0.5, 0.6) is 11.5 Å². The third kappa shape index (κ3) is 4.63. The molecule has 2 aromatic rings. The largest absolute Gasteiger partial charge is 0.489 e. The maximum Gasteiger partial charge on any atom is 0.153 e. The molecule has 0 saturated carbocycles. The molecule has 0 aliphatic heterocycles. The van der Waals surface area contributed by atoms with Gasteiger partial charge in [-0.3, -0.25) is 4.79 Å². The molecule has 21 heavy (non-hydrogen) atoms. The van der Waals surface area contributed by atoms with Crippen molar-refractivity contribution in [2.75, 3.05) is 13.2 Å². The molecule has 2 rings (SSSR count). The van der Waals surface area contributed by atoms with Crippen molar-refractivity contribution in [3.8, 4) is 11.5 Å². The van der Waals surface area contributed by atoms with Crippen molar-refractivity contribution >= 4 is 45.4 Å². The van der Waals surface area contributed by atoms with E-state index in [1.807, 2.05) is 0 Å². The van der Waals surface area contributed by atoms with Crippen molar-refractivity contribution in [1.82, 2.24) is 0 Å². The second kappa shape index (κ2) is 7.69. The number of aldehydes is 1. The summed E-state index contributed by atoms with van der Waals surface area (Å²) in [7, 11) is 0. The molecule has 6 heteroatoms. The molecule has 0 aliphatic rings. The Morgan fingerprint density at radius 1 is 1.00 bits per heavy atom. The smallest absolute Gasteiger partial charge is 0.153 e. The van der Waals surface area contributed by atoms with E-state index in [1.54, 1.807) is 36.4 Å². The quantitative estimate of drug-likeness (QED) is 0.513. The van der Waals surface area contributed by atoms with Crippen molar-refractivity contribution in [3.05, 3.63) is 56.5 Å². The van der Waals surface area contributed by atoms with Gasteiger partial charge in [0.2, 0.25) is 0 Å². The Labute approximate surface area is 140 Å². The topological polar surface area (TPSA) is 35.5 Å². The Bertz CT molecular complexity index is 647. The van der Waals surface area contributed by atoms with Gasteiger partial charge in [0, 0.05) is 15.6 Å². The Morgan fingerprint density at radius 3 is 2.43 bits per heavy atom. The molecule has 3 nitrogen and oxygen atoms in total. The van der Waals surface area contributed by atoms with E-state index in [-0.39, 0.29) is 13.2 Å². The zero-order chi connectivity index (χ0) is 15.2. The molecule has 0 spiro atoms. The molecule has 0 bridgehead atoms. The molecule has 2 aromatic carbocycles. The minimum Gasteiger partial charge on any atom is -0.489 e. The van der Waals surface area contributed by atoms with Crippen LogP contribution in [0.25, 0.3) is 0 Å². The van der Waals surface area contributed by atoms with Gasteiger partial charge in [-0.25, -0.2) is 0 Å². The minimum absolute atomic E-state index is 0.283. The van der Waals surface area contributed by atoms with Gasteiger partial charge in [-0.15, -0.1) is 0 Å². The first-order valence-electron chi connectivity index (χ1n) is 6.05. The lowest BCUT2D eigenvalue weighted by Crippen LogP contribution is -2.10. The molecule has 0 amide bonds. The fraction of sp³-hybridized carbons (Fsp3) is 0.133. The molecule has 0 atom stereocenters. The summed E-state index contributed by atoms with van der Waals surface area (Å²) in [4.78, 5) is 11.0. The summed E-state index contributed by atoms with van der Waals surface area (Å²) in [5.41, 5.74) is 0.477. The van der Waals surface area contributed by atoms with Gasteiger partial charge in [-0.1, -0.05) is 39.1 Å². The van der Waals surface area contributed by atoms with E-state index in [9.17, 15) is 4.79 Å². The van der Waals surface area contributed by atoms with E-state index in [1.165, 1.54) is 0 Å². The van der Waals surface area contributed by atoms with Crippen molar-refractivity contribution < 1.29 is 14.3 Å². The van der Waals surface area contributed by atoms with Gasteiger partial charge in [0.25, 0.3) is 0 Å². The van der Waals surface area contributed by atoms with Crippen molar-refractivity contribution in [1.29, 1.82) is 0 Å². The zero-order valence-corrected chi connectivity index (χ0v) is 13.9. The number of hydrogen-bond acceptors (Lipinski definition) is 3. The average molecular weight is 390 g/mol. The SMILES string of the molecule is O=Cc1cc(Br)ccc1OCCOc1cc(Cl)ccc1Cl. The lowest BCUT2D eigenvalue weighted by Gasteiger charge is -2.11. The van der Waals surface area contributed by atoms with E-state index in [0.29, 0.717) is 27.1 Å². The van der Waals surface area contributed by atoms with Crippen LogP contribution in [0.3, 0.4) is 0 Å². The summed E-state index contributed by atoms with van der Waals surface area (Å²) >= 11 is 15.1. The standard InChI is InChI=1S/C15H11BrCl2O3/c16-11-1-4-14(10(7-11)9-19)20-5-6-21-15-8-12(17)2-3-13(15)18/h1-4,7-9H,5-6H2. The summed E-state index contributed by atoms with van der Waals surface area (Å²) in [5, 5.41) is 1.03. The normalized spacial score (nSPS) is 10.2. The molecule has 0 saturated heterocycles. The number of carbonyl (C=O) groups is 1. The van der Waals surface area contributed by atoms with Crippen molar-refractivity contribution in [3.63, 3.8) is 0 Å². The Balaban J connectivity index is 1.90. The highest BCUT2D eigenvalue weighted by atomic mass is 79.9. The fourth-order valence-corrected chi connectivity index (χ4v) is 2.35. The van der Waals surface area contributed by atoms with E-state index < -0.39 is 0 Å². The molecule has 0 fully saturated rings. The summed E-state index contributed by atoms with van der Waals surface area (Å²) in [5.74, 6) is 1.01. The average Bonchev–Trinajstić information content (AvgIpc) is 2.48. The number of hydrogen-bond donors (Lipinski definition) is 0. The first-order valence-corrected chi connectivity index (χ1v) is 7.60. The van der Waals surface area contributed by atoms with Crippen LogP contribution in [0.4, 0.5) is 0 Å². The number of benzene rings is 2. The number of carbonyl (C=O) groups excluding carboxylic acids is 1. The second-order valence-electron chi connectivity index (χ2n) is 4.07. The van der Waals surface area contributed by atoms with Gasteiger partial charge in [0.05, 0.1) is 10.6 Å². The van der Waals surface area contributed by atoms with E-state index in [0.717, 1.165) is 10.8 Å². The highest BCUT2D eigenvalue weighted by Crippen LogP contribution is 2.27. The molecule has 0 N–H and O–H groups in total. The van der Waals surface area contributed by atoms with Gasteiger partial charge in [0.15, 0.2) is 6.29 Å². The predicted octanol–water partition coefficient (Wildman–Crippen LogP) is 5.03. The first kappa shape index (κ1) is 16.1. The third-order valence-electron chi connectivity index (χ3n) is 2.59. The molecule has 110 valence electrons. The van der Waals surface area contributed by atoms with Crippen molar-refractivity contribution in [2.24, 2.45) is 0 Å². The zero-order valence-electron chi connectivity index (χ0n) is 10.8. The summed E-state index contributed by atoms with van der Waals surface area (Å²) in [6.45, 7) is 0.569. The van der Waals surface area contributed by atoms with Crippen LogP contribution in [-0.4, -0.2) is 19.5 Å². The number of ether oxygens (including phenoxy) is 2. The molecule has 0 heterocycles. The van der Waals surface area contributed by atoms with Crippen LogP contribution >= 0.6 is 39.1 Å². The van der Waals surface area contributed by atoms with Gasteiger partial charge >= 0.3 is 0 Å². The lowest BCUT2D eigenvalue weighted by molar-refractivity contribution is 0.111. The fourth-order valence-electron chi connectivity index (χ4n) is 1.63. The van der Waals surface area contributed by atoms with Crippen LogP contribution in [0.1, 0.15) is 10.4 Å². The summed E-state index contributed by atoms with van der Waals surface area (Å²) < 4.78 is 11.8. The Hall–Kier alpha value is -1.23. The predicted molar refractivity (Wildman–Crippen MR) is 87.0 cm³/mol. The van der Waals surface area contributed by atoms with Crippen LogP contribution < -0.4 is 9.47 Å². The van der Waals surface area contributed by atoms with Crippen LogP contribution in [0.2, 0.25) is 10.0 Å². The highest BCUT2D eigenvalue weighted by molar-refractivity contribution is 9.10.